The molecule has 0 radical (unpaired) electrons. The van der Waals surface area contributed by atoms with Gasteiger partial charge >= 0.3 is 11.9 Å². The molecule has 0 N–H and O–H groups in total. The molecule has 0 saturated heterocycles. The molecule has 24 heavy (non-hydrogen) atoms. The van der Waals surface area contributed by atoms with E-state index < -0.39 is 8.07 Å². The van der Waals surface area contributed by atoms with Gasteiger partial charge in [-0.2, -0.15) is 0 Å². The lowest BCUT2D eigenvalue weighted by Gasteiger charge is -2.33. The number of carbonyl (C=O) groups is 2. The fourth-order valence-corrected chi connectivity index (χ4v) is 8.51. The van der Waals surface area contributed by atoms with Crippen molar-refractivity contribution in [2.75, 3.05) is 13.2 Å². The van der Waals surface area contributed by atoms with E-state index in [1.807, 2.05) is 0 Å². The Morgan fingerprint density at radius 1 is 0.958 bits per heavy atom. The zero-order valence-corrected chi connectivity index (χ0v) is 17.4. The normalized spacial score (nSPS) is 23.1. The first-order chi connectivity index (χ1) is 11.2. The second kappa shape index (κ2) is 9.02. The summed E-state index contributed by atoms with van der Waals surface area (Å²) in [6, 6.07) is 5.36. The Morgan fingerprint density at radius 3 is 1.79 bits per heavy atom. The number of carbonyl (C=O) groups excluding carboxylic acids is 2. The fraction of sp³-hybridized carbons (Fsp3) is 0.895. The monoisotopic (exact) mass is 356 g/mol. The van der Waals surface area contributed by atoms with Crippen LogP contribution in [0.1, 0.15) is 54.4 Å². The molecule has 5 heteroatoms. The second-order valence-corrected chi connectivity index (χ2v) is 13.5. The highest BCUT2D eigenvalue weighted by molar-refractivity contribution is 6.79. The summed E-state index contributed by atoms with van der Waals surface area (Å²) in [4.78, 5) is 22.6. The van der Waals surface area contributed by atoms with Gasteiger partial charge in [0.2, 0.25) is 0 Å². The van der Waals surface area contributed by atoms with Crippen molar-refractivity contribution in [3.63, 3.8) is 0 Å². The Hall–Kier alpha value is -0.843. The van der Waals surface area contributed by atoms with E-state index in [0.29, 0.717) is 25.0 Å². The fourth-order valence-electron chi connectivity index (χ4n) is 4.49. The molecule has 4 nitrogen and oxygen atoms in total. The molecule has 0 amide bonds. The van der Waals surface area contributed by atoms with Crippen LogP contribution in [0.15, 0.2) is 0 Å². The third-order valence-corrected chi connectivity index (χ3v) is 12.3. The van der Waals surface area contributed by atoms with Crippen molar-refractivity contribution in [3.05, 3.63) is 0 Å². The van der Waals surface area contributed by atoms with Crippen LogP contribution in [0.25, 0.3) is 0 Å². The third kappa shape index (κ3) is 5.61. The summed E-state index contributed by atoms with van der Waals surface area (Å²) < 4.78 is 10.7. The van der Waals surface area contributed by atoms with E-state index in [1.54, 1.807) is 0 Å². The van der Waals surface area contributed by atoms with Crippen LogP contribution in [-0.2, 0) is 19.1 Å². The summed E-state index contributed by atoms with van der Waals surface area (Å²) in [7, 11) is -1.19. The summed E-state index contributed by atoms with van der Waals surface area (Å²) in [5.41, 5.74) is -0.198. The minimum absolute atomic E-state index is 0.198. The molecule has 1 fully saturated rings. The van der Waals surface area contributed by atoms with E-state index in [1.165, 1.54) is 38.0 Å². The predicted molar refractivity (Wildman–Crippen MR) is 99.6 cm³/mol. The van der Waals surface area contributed by atoms with Gasteiger partial charge in [-0.05, 0) is 24.7 Å². The van der Waals surface area contributed by atoms with Gasteiger partial charge in [0.15, 0.2) is 0 Å². The lowest BCUT2D eigenvalue weighted by atomic mass is 9.87. The van der Waals surface area contributed by atoms with E-state index in [4.69, 9.17) is 9.47 Å². The molecular weight excluding hydrogens is 320 g/mol. The van der Waals surface area contributed by atoms with E-state index >= 15 is 0 Å². The minimum atomic E-state index is -1.19. The zero-order chi connectivity index (χ0) is 18.4. The first-order valence-electron chi connectivity index (χ1n) is 9.48. The maximum absolute atomic E-state index is 11.3. The van der Waals surface area contributed by atoms with Crippen LogP contribution in [0.4, 0.5) is 0 Å². The first kappa shape index (κ1) is 21.2. The van der Waals surface area contributed by atoms with Crippen LogP contribution in [-0.4, -0.2) is 33.2 Å². The molecule has 1 aliphatic rings. The van der Waals surface area contributed by atoms with Crippen LogP contribution in [0.3, 0.4) is 0 Å². The number of hydrogen-bond donors (Lipinski definition) is 0. The van der Waals surface area contributed by atoms with Crippen LogP contribution in [0.2, 0.25) is 24.2 Å². The summed E-state index contributed by atoms with van der Waals surface area (Å²) in [5.74, 6) is 0.732. The highest BCUT2D eigenvalue weighted by Crippen LogP contribution is 2.50. The van der Waals surface area contributed by atoms with Crippen LogP contribution in [0.5, 0.6) is 0 Å². The molecular formula is C19H36O4Si. The number of hydrogen-bond acceptors (Lipinski definition) is 4. The topological polar surface area (TPSA) is 52.6 Å². The molecule has 0 spiro atoms. The van der Waals surface area contributed by atoms with Gasteiger partial charge in [0.25, 0.3) is 0 Å². The zero-order valence-electron chi connectivity index (χ0n) is 16.4. The van der Waals surface area contributed by atoms with E-state index in [-0.39, 0.29) is 17.4 Å². The van der Waals surface area contributed by atoms with Gasteiger partial charge in [-0.25, -0.2) is 0 Å². The van der Waals surface area contributed by atoms with Crippen molar-refractivity contribution in [2.24, 2.45) is 17.3 Å². The van der Waals surface area contributed by atoms with Crippen molar-refractivity contribution < 1.29 is 19.1 Å². The molecule has 140 valence electrons. The van der Waals surface area contributed by atoms with Gasteiger partial charge in [0.1, 0.15) is 13.2 Å². The maximum Gasteiger partial charge on any atom is 0.302 e. The highest BCUT2D eigenvalue weighted by atomic mass is 28.3. The Kier molecular flexibility index (Phi) is 7.97. The molecule has 1 aliphatic carbocycles. The Balaban J connectivity index is 2.87. The van der Waals surface area contributed by atoms with E-state index in [0.717, 1.165) is 12.8 Å². The lowest BCUT2D eigenvalue weighted by molar-refractivity contribution is -0.151. The maximum atomic E-state index is 11.3. The quantitative estimate of drug-likeness (QED) is 0.445. The SMILES string of the molecule is CC[Si](CC)(CC)C[C@H]1CC(COC(C)=O)(COC(C)=O)C[C@@H]1C. The molecule has 2 atom stereocenters. The van der Waals surface area contributed by atoms with Gasteiger partial charge in [-0.3, -0.25) is 9.59 Å². The smallest absolute Gasteiger partial charge is 0.302 e. The van der Waals surface area contributed by atoms with Crippen molar-refractivity contribution in [3.8, 4) is 0 Å². The molecule has 0 bridgehead atoms. The molecule has 1 rings (SSSR count). The van der Waals surface area contributed by atoms with Gasteiger partial charge in [-0.15, -0.1) is 0 Å². The average molecular weight is 357 g/mol. The number of esters is 2. The molecule has 0 heterocycles. The van der Waals surface area contributed by atoms with E-state index in [9.17, 15) is 9.59 Å². The summed E-state index contributed by atoms with van der Waals surface area (Å²) in [5, 5.41) is 0. The third-order valence-electron chi connectivity index (χ3n) is 6.36. The molecule has 1 saturated carbocycles. The van der Waals surface area contributed by atoms with Crippen LogP contribution >= 0.6 is 0 Å². The molecule has 0 aromatic carbocycles. The average Bonchev–Trinajstić information content (AvgIpc) is 2.85. The van der Waals surface area contributed by atoms with Crippen LogP contribution < -0.4 is 0 Å². The largest absolute Gasteiger partial charge is 0.465 e. The summed E-state index contributed by atoms with van der Waals surface area (Å²) in [6.45, 7) is 13.0. The van der Waals surface area contributed by atoms with Crippen molar-refractivity contribution >= 4 is 20.0 Å². The highest BCUT2D eigenvalue weighted by Gasteiger charge is 2.47. The molecule has 0 unspecified atom stereocenters. The first-order valence-corrected chi connectivity index (χ1v) is 12.3. The van der Waals surface area contributed by atoms with Crippen molar-refractivity contribution in [1.29, 1.82) is 0 Å². The number of ether oxygens (including phenoxy) is 2. The van der Waals surface area contributed by atoms with Gasteiger partial charge < -0.3 is 9.47 Å². The van der Waals surface area contributed by atoms with Gasteiger partial charge in [-0.1, -0.05) is 51.9 Å². The number of rotatable bonds is 9. The van der Waals surface area contributed by atoms with Crippen LogP contribution in [0, 0.1) is 17.3 Å². The Labute approximate surface area is 148 Å². The molecule has 0 aromatic rings. The Bertz CT molecular complexity index is 405. The minimum Gasteiger partial charge on any atom is -0.465 e. The lowest BCUT2D eigenvalue weighted by Crippen LogP contribution is -2.35. The molecule has 0 aromatic heterocycles. The summed E-state index contributed by atoms with van der Waals surface area (Å²) in [6.07, 6.45) is 1.98. The van der Waals surface area contributed by atoms with Crippen molar-refractivity contribution in [2.45, 2.75) is 78.6 Å². The van der Waals surface area contributed by atoms with Gasteiger partial charge in [0.05, 0.1) is 8.07 Å². The standard InChI is InChI=1S/C19H36O4Si/c1-7-24(8-2,9-3)12-18-11-19(10-15(18)4,13-22-16(5)20)14-23-17(6)21/h15,18H,7-14H2,1-6H3/t15-,18+/m0/s1. The predicted octanol–water partition coefficient (Wildman–Crippen LogP) is 4.65. The summed E-state index contributed by atoms with van der Waals surface area (Å²) >= 11 is 0. The van der Waals surface area contributed by atoms with Crippen molar-refractivity contribution in [1.82, 2.24) is 0 Å². The van der Waals surface area contributed by atoms with Gasteiger partial charge in [0, 0.05) is 19.3 Å². The second-order valence-electron chi connectivity index (χ2n) is 7.97. The van der Waals surface area contributed by atoms with E-state index in [2.05, 4.69) is 27.7 Å². The Morgan fingerprint density at radius 2 is 1.42 bits per heavy atom. The molecule has 0 aliphatic heterocycles.